The number of unbranched alkanes of at least 4 members (excludes halogenated alkanes) is 20. The van der Waals surface area contributed by atoms with Gasteiger partial charge >= 0.3 is 11.9 Å². The van der Waals surface area contributed by atoms with Gasteiger partial charge in [-0.1, -0.05) is 163 Å². The van der Waals surface area contributed by atoms with Gasteiger partial charge in [0.2, 0.25) is 0 Å². The third-order valence-corrected chi connectivity index (χ3v) is 9.96. The minimum Gasteiger partial charge on any atom is -0.481 e. The lowest BCUT2D eigenvalue weighted by Gasteiger charge is -2.24. The van der Waals surface area contributed by atoms with Crippen molar-refractivity contribution in [2.45, 2.75) is 226 Å². The average Bonchev–Trinajstić information content (AvgIpc) is 3.11. The van der Waals surface area contributed by atoms with Gasteiger partial charge in [-0.15, -0.1) is 0 Å². The van der Waals surface area contributed by atoms with Gasteiger partial charge in [0.25, 0.3) is 0 Å². The van der Waals surface area contributed by atoms with Gasteiger partial charge in [0.05, 0.1) is 11.8 Å². The fourth-order valence-corrected chi connectivity index (χ4v) is 6.52. The molecule has 0 aromatic heterocycles. The number of carboxylic acid groups (broad SMARTS) is 2. The van der Waals surface area contributed by atoms with Crippen LogP contribution in [0.4, 0.5) is 0 Å². The number of hydrogen-bond acceptors (Lipinski definition) is 6. The third kappa shape index (κ3) is 33.1. The van der Waals surface area contributed by atoms with Gasteiger partial charge in [-0.2, -0.15) is 0 Å². The van der Waals surface area contributed by atoms with Crippen molar-refractivity contribution in [1.82, 2.24) is 0 Å². The zero-order chi connectivity index (χ0) is 37.6. The van der Waals surface area contributed by atoms with E-state index in [4.69, 9.17) is 18.9 Å². The maximum absolute atomic E-state index is 12.4. The van der Waals surface area contributed by atoms with Crippen LogP contribution >= 0.6 is 0 Å². The number of carboxylic acids is 2. The first-order chi connectivity index (χ1) is 24.9. The molecule has 2 atom stereocenters. The summed E-state index contributed by atoms with van der Waals surface area (Å²) in [6, 6.07) is 0. The van der Waals surface area contributed by atoms with Gasteiger partial charge in [-0.25, -0.2) is 0 Å². The predicted octanol–water partition coefficient (Wildman–Crippen LogP) is 12.5. The Morgan fingerprint density at radius 1 is 0.373 bits per heavy atom. The summed E-state index contributed by atoms with van der Waals surface area (Å²) in [6.45, 7) is 11.1. The van der Waals surface area contributed by atoms with E-state index in [2.05, 4.69) is 27.7 Å². The van der Waals surface area contributed by atoms with E-state index < -0.39 is 36.4 Å². The highest BCUT2D eigenvalue weighted by atomic mass is 16.7. The Morgan fingerprint density at radius 3 is 0.843 bits per heavy atom. The number of ether oxygens (including phenoxy) is 4. The van der Waals surface area contributed by atoms with Crippen LogP contribution in [0.5, 0.6) is 0 Å². The summed E-state index contributed by atoms with van der Waals surface area (Å²) in [5.41, 5.74) is 0. The lowest BCUT2D eigenvalue weighted by Crippen LogP contribution is -2.28. The Kier molecular flexibility index (Phi) is 37.6. The zero-order valence-corrected chi connectivity index (χ0v) is 34.0. The highest BCUT2D eigenvalue weighted by molar-refractivity contribution is 5.70. The Labute approximate surface area is 314 Å². The molecule has 0 amide bonds. The maximum atomic E-state index is 12.4. The van der Waals surface area contributed by atoms with Crippen molar-refractivity contribution in [3.63, 3.8) is 0 Å². The molecule has 8 nitrogen and oxygen atoms in total. The second-order valence-electron chi connectivity index (χ2n) is 14.9. The molecule has 0 spiro atoms. The molecule has 0 saturated carbocycles. The van der Waals surface area contributed by atoms with Gasteiger partial charge < -0.3 is 29.2 Å². The van der Waals surface area contributed by atoms with Crippen molar-refractivity contribution in [1.29, 1.82) is 0 Å². The smallest absolute Gasteiger partial charge is 0.306 e. The lowest BCUT2D eigenvalue weighted by atomic mass is 9.92. The Hall–Kier alpha value is -1.22. The van der Waals surface area contributed by atoms with Crippen LogP contribution < -0.4 is 0 Å². The predicted molar refractivity (Wildman–Crippen MR) is 210 cm³/mol. The van der Waals surface area contributed by atoms with E-state index in [9.17, 15) is 19.8 Å². The van der Waals surface area contributed by atoms with Crippen LogP contribution in [0.3, 0.4) is 0 Å². The summed E-state index contributed by atoms with van der Waals surface area (Å²) in [7, 11) is 0. The number of rotatable bonds is 42. The van der Waals surface area contributed by atoms with E-state index in [1.807, 2.05) is 0 Å². The molecule has 0 aliphatic rings. The highest BCUT2D eigenvalue weighted by Crippen LogP contribution is 2.24. The van der Waals surface area contributed by atoms with Gasteiger partial charge in [0.1, 0.15) is 0 Å². The van der Waals surface area contributed by atoms with Crippen molar-refractivity contribution in [3.8, 4) is 0 Å². The Bertz CT molecular complexity index is 652. The van der Waals surface area contributed by atoms with Gasteiger partial charge in [-0.05, 0) is 38.5 Å². The lowest BCUT2D eigenvalue weighted by molar-refractivity contribution is -0.167. The van der Waals surface area contributed by atoms with E-state index in [0.717, 1.165) is 51.4 Å². The molecule has 2 unspecified atom stereocenters. The molecule has 0 heterocycles. The van der Waals surface area contributed by atoms with Crippen LogP contribution in [-0.4, -0.2) is 61.2 Å². The summed E-state index contributed by atoms with van der Waals surface area (Å²) in [4.78, 5) is 24.7. The summed E-state index contributed by atoms with van der Waals surface area (Å²) in [5.74, 6) is -3.05. The molecular formula is C43H84O8. The van der Waals surface area contributed by atoms with Crippen LogP contribution in [0.25, 0.3) is 0 Å². The molecule has 0 aliphatic heterocycles. The van der Waals surface area contributed by atoms with E-state index in [0.29, 0.717) is 45.7 Å². The molecule has 51 heavy (non-hydrogen) atoms. The molecule has 0 rings (SSSR count). The molecule has 0 radical (unpaired) electrons. The van der Waals surface area contributed by atoms with Crippen LogP contribution in [0.2, 0.25) is 0 Å². The van der Waals surface area contributed by atoms with Crippen LogP contribution in [0.1, 0.15) is 214 Å². The first-order valence-corrected chi connectivity index (χ1v) is 21.8. The average molecular weight is 729 g/mol. The quantitative estimate of drug-likeness (QED) is 0.0472. The van der Waals surface area contributed by atoms with Crippen molar-refractivity contribution in [3.05, 3.63) is 0 Å². The molecule has 304 valence electrons. The fourth-order valence-electron chi connectivity index (χ4n) is 6.52. The molecule has 0 aromatic carbocycles. The Balaban J connectivity index is 5.10. The second-order valence-corrected chi connectivity index (χ2v) is 14.9. The van der Waals surface area contributed by atoms with E-state index in [1.54, 1.807) is 0 Å². The first kappa shape index (κ1) is 49.8. The molecular weight excluding hydrogens is 644 g/mol. The summed E-state index contributed by atoms with van der Waals surface area (Å²) < 4.78 is 24.5. The SMILES string of the molecule is CCCCCCCCOC(CC(CCCC(CC(OCCCCCCCC)OCCCCCCCC)C(=O)O)C(=O)O)OCCCCCCCC. The Morgan fingerprint density at radius 2 is 0.608 bits per heavy atom. The molecule has 0 bridgehead atoms. The van der Waals surface area contributed by atoms with Crippen LogP contribution in [-0.2, 0) is 28.5 Å². The van der Waals surface area contributed by atoms with E-state index >= 15 is 0 Å². The largest absolute Gasteiger partial charge is 0.481 e. The highest BCUT2D eigenvalue weighted by Gasteiger charge is 2.27. The minimum atomic E-state index is -0.874. The monoisotopic (exact) mass is 729 g/mol. The van der Waals surface area contributed by atoms with Gasteiger partial charge in [-0.3, -0.25) is 9.59 Å². The van der Waals surface area contributed by atoms with E-state index in [-0.39, 0.29) is 12.8 Å². The third-order valence-electron chi connectivity index (χ3n) is 9.96. The summed E-state index contributed by atoms with van der Waals surface area (Å²) in [6.07, 6.45) is 28.6. The van der Waals surface area contributed by atoms with E-state index in [1.165, 1.54) is 103 Å². The molecule has 0 aliphatic carbocycles. The maximum Gasteiger partial charge on any atom is 0.306 e. The number of carbonyl (C=O) groups is 2. The number of aliphatic carboxylic acids is 2. The second kappa shape index (κ2) is 38.5. The minimum absolute atomic E-state index is 0.282. The van der Waals surface area contributed by atoms with Crippen LogP contribution in [0, 0.1) is 11.8 Å². The van der Waals surface area contributed by atoms with Crippen molar-refractivity contribution in [2.75, 3.05) is 26.4 Å². The fraction of sp³-hybridized carbons (Fsp3) is 0.953. The number of hydrogen-bond donors (Lipinski definition) is 2. The molecule has 8 heteroatoms. The summed E-state index contributed by atoms with van der Waals surface area (Å²) >= 11 is 0. The zero-order valence-electron chi connectivity index (χ0n) is 34.0. The first-order valence-electron chi connectivity index (χ1n) is 21.8. The van der Waals surface area contributed by atoms with Gasteiger partial charge in [0.15, 0.2) is 12.6 Å². The molecule has 2 N–H and O–H groups in total. The van der Waals surface area contributed by atoms with Crippen molar-refractivity contribution in [2.24, 2.45) is 11.8 Å². The van der Waals surface area contributed by atoms with Crippen molar-refractivity contribution < 1.29 is 38.7 Å². The molecule has 0 saturated heterocycles. The molecule has 0 aromatic rings. The normalized spacial score (nSPS) is 13.0. The standard InChI is InChI=1S/C43H84O8/c1-5-9-13-17-21-25-32-48-40(49-33-26-22-18-14-10-6-2)36-38(42(44)45)30-29-31-39(43(46)47)37-41(50-34-27-23-19-15-11-7-3)51-35-28-24-20-16-12-8-4/h38-41H,5-37H2,1-4H3,(H,44,45)(H,46,47). The van der Waals surface area contributed by atoms with Crippen molar-refractivity contribution >= 4 is 11.9 Å². The topological polar surface area (TPSA) is 112 Å². The molecule has 0 fully saturated rings. The van der Waals surface area contributed by atoms with Crippen LogP contribution in [0.15, 0.2) is 0 Å². The van der Waals surface area contributed by atoms with Gasteiger partial charge in [0, 0.05) is 39.3 Å². The summed E-state index contributed by atoms with van der Waals surface area (Å²) in [5, 5.41) is 20.3.